The number of fused-ring (bicyclic) bond motifs is 4. The number of phenols is 2. The molecule has 0 atom stereocenters. The molecule has 5 rings (SSSR count). The number of aromatic hydroxyl groups is 2. The molecule has 0 bridgehead atoms. The lowest BCUT2D eigenvalue weighted by molar-refractivity contribution is 0.462. The van der Waals surface area contributed by atoms with Crippen LogP contribution in [0, 0.1) is 6.92 Å². The molecule has 0 heterocycles. The Hall–Kier alpha value is -3.26. The van der Waals surface area contributed by atoms with E-state index in [-0.39, 0.29) is 11.5 Å². The van der Waals surface area contributed by atoms with Gasteiger partial charge in [0.2, 0.25) is 0 Å². The molecule has 4 aromatic rings. The fourth-order valence-electron chi connectivity index (χ4n) is 4.63. The summed E-state index contributed by atoms with van der Waals surface area (Å²) in [6.07, 6.45) is 0. The molecule has 0 saturated carbocycles. The lowest BCUT2D eigenvalue weighted by atomic mass is 9.73. The normalized spacial score (nSPS) is 14.1. The van der Waals surface area contributed by atoms with Crippen LogP contribution in [0.25, 0.3) is 21.9 Å². The maximum Gasteiger partial charge on any atom is 0.127 e. The zero-order valence-corrected chi connectivity index (χ0v) is 15.3. The van der Waals surface area contributed by atoms with Gasteiger partial charge in [-0.05, 0) is 41.7 Å². The summed E-state index contributed by atoms with van der Waals surface area (Å²) in [4.78, 5) is 0. The van der Waals surface area contributed by atoms with Crippen LogP contribution in [0.3, 0.4) is 0 Å². The first kappa shape index (κ1) is 16.0. The van der Waals surface area contributed by atoms with Crippen molar-refractivity contribution in [2.24, 2.45) is 0 Å². The quantitative estimate of drug-likeness (QED) is 0.448. The summed E-state index contributed by atoms with van der Waals surface area (Å²) in [7, 11) is 0. The minimum atomic E-state index is -0.452. The molecule has 2 heteroatoms. The highest BCUT2D eigenvalue weighted by Crippen LogP contribution is 2.55. The van der Waals surface area contributed by atoms with E-state index in [4.69, 9.17) is 0 Å². The summed E-state index contributed by atoms with van der Waals surface area (Å²) in [6, 6.07) is 24.4. The average molecular weight is 352 g/mol. The molecule has 132 valence electrons. The molecule has 0 amide bonds. The van der Waals surface area contributed by atoms with Gasteiger partial charge in [0.1, 0.15) is 11.5 Å². The molecule has 0 aromatic heterocycles. The number of aryl methyl sites for hydroxylation is 1. The van der Waals surface area contributed by atoms with Gasteiger partial charge in [-0.1, -0.05) is 72.8 Å². The molecule has 0 saturated heterocycles. The van der Waals surface area contributed by atoms with Crippen LogP contribution in [0.1, 0.15) is 29.2 Å². The molecule has 4 aromatic carbocycles. The smallest absolute Gasteiger partial charge is 0.127 e. The zero-order chi connectivity index (χ0) is 18.8. The topological polar surface area (TPSA) is 40.5 Å². The second kappa shape index (κ2) is 5.37. The van der Waals surface area contributed by atoms with Crippen LogP contribution in [0.2, 0.25) is 0 Å². The second-order valence-corrected chi connectivity index (χ2v) is 7.50. The van der Waals surface area contributed by atoms with Gasteiger partial charge in [0.15, 0.2) is 0 Å². The van der Waals surface area contributed by atoms with Crippen LogP contribution in [0.5, 0.6) is 11.5 Å². The van der Waals surface area contributed by atoms with Gasteiger partial charge in [-0.15, -0.1) is 0 Å². The summed E-state index contributed by atoms with van der Waals surface area (Å²) in [5, 5.41) is 23.0. The minimum absolute atomic E-state index is 0.228. The van der Waals surface area contributed by atoms with Crippen LogP contribution in [0.15, 0.2) is 72.8 Å². The second-order valence-electron chi connectivity index (χ2n) is 7.50. The third-order valence-electron chi connectivity index (χ3n) is 6.11. The fraction of sp³-hybridized carbons (Fsp3) is 0.120. The van der Waals surface area contributed by atoms with Crippen molar-refractivity contribution in [2.75, 3.05) is 0 Å². The molecule has 27 heavy (non-hydrogen) atoms. The monoisotopic (exact) mass is 352 g/mol. The number of hydrogen-bond donors (Lipinski definition) is 2. The Balaban J connectivity index is 1.87. The van der Waals surface area contributed by atoms with E-state index < -0.39 is 5.41 Å². The van der Waals surface area contributed by atoms with Crippen molar-refractivity contribution in [3.8, 4) is 22.6 Å². The minimum Gasteiger partial charge on any atom is -0.507 e. The predicted octanol–water partition coefficient (Wildman–Crippen LogP) is 5.89. The molecule has 0 spiro atoms. The highest BCUT2D eigenvalue weighted by atomic mass is 16.3. The third kappa shape index (κ3) is 1.95. The van der Waals surface area contributed by atoms with E-state index in [1.807, 2.05) is 31.2 Å². The van der Waals surface area contributed by atoms with E-state index in [0.29, 0.717) is 10.8 Å². The molecule has 1 aliphatic rings. The lowest BCUT2D eigenvalue weighted by Gasteiger charge is -2.29. The standard InChI is InChI=1S/C25H20O2/c1-15-11-12-19-18(23(15)26)13-14-22(24(19)27)25(2)20-9-5-3-7-16(20)17-8-4-6-10-21(17)25/h3-14,26-27H,1-2H3. The fourth-order valence-corrected chi connectivity index (χ4v) is 4.63. The summed E-state index contributed by atoms with van der Waals surface area (Å²) >= 11 is 0. The highest BCUT2D eigenvalue weighted by Gasteiger charge is 2.42. The predicted molar refractivity (Wildman–Crippen MR) is 109 cm³/mol. The van der Waals surface area contributed by atoms with Crippen molar-refractivity contribution in [3.05, 3.63) is 95.1 Å². The van der Waals surface area contributed by atoms with E-state index in [1.165, 1.54) is 22.3 Å². The molecule has 0 fully saturated rings. The molecular formula is C25H20O2. The Morgan fingerprint density at radius 2 is 1.11 bits per heavy atom. The van der Waals surface area contributed by atoms with Crippen LogP contribution < -0.4 is 0 Å². The first-order chi connectivity index (χ1) is 13.0. The van der Waals surface area contributed by atoms with Crippen LogP contribution in [0.4, 0.5) is 0 Å². The maximum absolute atomic E-state index is 11.2. The Morgan fingerprint density at radius 1 is 0.593 bits per heavy atom. The van der Waals surface area contributed by atoms with Gasteiger partial charge in [-0.25, -0.2) is 0 Å². The Bertz CT molecular complexity index is 1170. The summed E-state index contributed by atoms with van der Waals surface area (Å²) in [6.45, 7) is 4.04. The maximum atomic E-state index is 11.2. The molecule has 1 aliphatic carbocycles. The largest absolute Gasteiger partial charge is 0.507 e. The first-order valence-electron chi connectivity index (χ1n) is 9.17. The molecule has 0 radical (unpaired) electrons. The SMILES string of the molecule is Cc1ccc2c(O)c(C3(C)c4ccccc4-c4ccccc43)ccc2c1O. The molecule has 0 unspecified atom stereocenters. The number of rotatable bonds is 1. The first-order valence-corrected chi connectivity index (χ1v) is 9.17. The van der Waals surface area contributed by atoms with Gasteiger partial charge < -0.3 is 10.2 Å². The molecule has 2 nitrogen and oxygen atoms in total. The van der Waals surface area contributed by atoms with Crippen LogP contribution in [-0.2, 0) is 5.41 Å². The molecule has 0 aliphatic heterocycles. The van der Waals surface area contributed by atoms with Crippen molar-refractivity contribution >= 4 is 10.8 Å². The van der Waals surface area contributed by atoms with E-state index in [1.54, 1.807) is 0 Å². The molecular weight excluding hydrogens is 332 g/mol. The molecule has 2 N–H and O–H groups in total. The highest BCUT2D eigenvalue weighted by molar-refractivity contribution is 5.96. The van der Waals surface area contributed by atoms with Crippen LogP contribution in [-0.4, -0.2) is 10.2 Å². The summed E-state index contributed by atoms with van der Waals surface area (Å²) in [5.41, 5.74) is 6.01. The van der Waals surface area contributed by atoms with Gasteiger partial charge in [-0.2, -0.15) is 0 Å². The Morgan fingerprint density at radius 3 is 1.74 bits per heavy atom. The number of benzene rings is 4. The summed E-state index contributed by atoms with van der Waals surface area (Å²) < 4.78 is 0. The summed E-state index contributed by atoms with van der Waals surface area (Å²) in [5.74, 6) is 0.462. The Labute approximate surface area is 158 Å². The number of hydrogen-bond acceptors (Lipinski definition) is 2. The van der Waals surface area contributed by atoms with Gasteiger partial charge in [-0.3, -0.25) is 0 Å². The van der Waals surface area contributed by atoms with Crippen molar-refractivity contribution in [2.45, 2.75) is 19.3 Å². The van der Waals surface area contributed by atoms with Gasteiger partial charge >= 0.3 is 0 Å². The van der Waals surface area contributed by atoms with E-state index in [2.05, 4.69) is 55.5 Å². The van der Waals surface area contributed by atoms with Gasteiger partial charge in [0.25, 0.3) is 0 Å². The van der Waals surface area contributed by atoms with Crippen molar-refractivity contribution in [1.29, 1.82) is 0 Å². The van der Waals surface area contributed by atoms with E-state index >= 15 is 0 Å². The van der Waals surface area contributed by atoms with Crippen molar-refractivity contribution in [1.82, 2.24) is 0 Å². The van der Waals surface area contributed by atoms with Gasteiger partial charge in [0, 0.05) is 21.8 Å². The van der Waals surface area contributed by atoms with Crippen molar-refractivity contribution in [3.63, 3.8) is 0 Å². The zero-order valence-electron chi connectivity index (χ0n) is 15.3. The average Bonchev–Trinajstić information content (AvgIpc) is 2.96. The van der Waals surface area contributed by atoms with Gasteiger partial charge in [0.05, 0.1) is 0 Å². The Kier molecular flexibility index (Phi) is 3.17. The lowest BCUT2D eigenvalue weighted by Crippen LogP contribution is -2.22. The van der Waals surface area contributed by atoms with E-state index in [9.17, 15) is 10.2 Å². The van der Waals surface area contributed by atoms with Crippen molar-refractivity contribution < 1.29 is 10.2 Å². The number of phenolic OH excluding ortho intramolecular Hbond substituents is 2. The third-order valence-corrected chi connectivity index (χ3v) is 6.11. The van der Waals surface area contributed by atoms with E-state index in [0.717, 1.165) is 11.1 Å². The van der Waals surface area contributed by atoms with Crippen LogP contribution >= 0.6 is 0 Å².